The lowest BCUT2D eigenvalue weighted by Crippen LogP contribution is -2.37. The second-order valence-electron chi connectivity index (χ2n) is 8.17. The zero-order valence-electron chi connectivity index (χ0n) is 20.3. The standard InChI is InChI=1S/C23H30N6O5S/c1-15(2)17-9-18(20(34-14-31-4)10-19(17)33-13-30-3)21-26-27-23(35)29(21)16-11-24-22(25-12-16)28-5-7-32-8-6-28/h9-12,15H,5-8,13-14H2,1-4H3,(H,27,35). The van der Waals surface area contributed by atoms with E-state index in [0.717, 1.165) is 24.2 Å². The highest BCUT2D eigenvalue weighted by molar-refractivity contribution is 7.71. The van der Waals surface area contributed by atoms with Gasteiger partial charge in [0.25, 0.3) is 0 Å². The van der Waals surface area contributed by atoms with Gasteiger partial charge in [0.1, 0.15) is 11.5 Å². The van der Waals surface area contributed by atoms with Crippen LogP contribution in [0.15, 0.2) is 24.5 Å². The monoisotopic (exact) mass is 502 g/mol. The van der Waals surface area contributed by atoms with E-state index in [4.69, 9.17) is 35.9 Å². The van der Waals surface area contributed by atoms with E-state index in [1.54, 1.807) is 31.2 Å². The maximum Gasteiger partial charge on any atom is 0.225 e. The van der Waals surface area contributed by atoms with Gasteiger partial charge in [0.05, 0.1) is 36.9 Å². The Kier molecular flexibility index (Phi) is 8.29. The van der Waals surface area contributed by atoms with Crippen LogP contribution in [-0.4, -0.2) is 78.8 Å². The maximum atomic E-state index is 5.90. The zero-order valence-corrected chi connectivity index (χ0v) is 21.1. The van der Waals surface area contributed by atoms with Crippen LogP contribution in [0.25, 0.3) is 17.1 Å². The predicted octanol–water partition coefficient (Wildman–Crippen LogP) is 3.31. The molecular weight excluding hydrogens is 472 g/mol. The van der Waals surface area contributed by atoms with Gasteiger partial charge in [-0.15, -0.1) is 0 Å². The van der Waals surface area contributed by atoms with E-state index in [1.807, 2.05) is 12.1 Å². The van der Waals surface area contributed by atoms with Crippen molar-refractivity contribution in [3.8, 4) is 28.6 Å². The molecule has 3 heterocycles. The lowest BCUT2D eigenvalue weighted by molar-refractivity contribution is 0.0457. The Bertz CT molecular complexity index is 1170. The average Bonchev–Trinajstić information content (AvgIpc) is 3.27. The molecule has 0 bridgehead atoms. The number of anilines is 1. The van der Waals surface area contributed by atoms with Crippen LogP contribution in [-0.2, 0) is 14.2 Å². The second-order valence-corrected chi connectivity index (χ2v) is 8.56. The molecule has 2 aromatic heterocycles. The third kappa shape index (κ3) is 5.61. The molecule has 12 heteroatoms. The average molecular weight is 503 g/mol. The van der Waals surface area contributed by atoms with Gasteiger partial charge >= 0.3 is 0 Å². The normalized spacial score (nSPS) is 13.9. The number of nitrogens with zero attached hydrogens (tertiary/aromatic N) is 5. The highest BCUT2D eigenvalue weighted by Crippen LogP contribution is 2.39. The fourth-order valence-corrected chi connectivity index (χ4v) is 4.00. The molecule has 1 fully saturated rings. The van der Waals surface area contributed by atoms with E-state index in [2.05, 4.69) is 38.9 Å². The van der Waals surface area contributed by atoms with Crippen LogP contribution in [0.3, 0.4) is 0 Å². The lowest BCUT2D eigenvalue weighted by atomic mass is 9.98. The Hall–Kier alpha value is -3.06. The molecule has 0 unspecified atom stereocenters. The summed E-state index contributed by atoms with van der Waals surface area (Å²) in [6.45, 7) is 7.18. The summed E-state index contributed by atoms with van der Waals surface area (Å²) < 4.78 is 29.6. The van der Waals surface area contributed by atoms with Crippen molar-refractivity contribution >= 4 is 18.2 Å². The van der Waals surface area contributed by atoms with Crippen LogP contribution in [0.5, 0.6) is 11.5 Å². The van der Waals surface area contributed by atoms with Crippen LogP contribution in [0.1, 0.15) is 25.3 Å². The molecule has 0 spiro atoms. The van der Waals surface area contributed by atoms with Gasteiger partial charge in [-0.1, -0.05) is 13.8 Å². The van der Waals surface area contributed by atoms with Crippen LogP contribution in [0.2, 0.25) is 0 Å². The Balaban J connectivity index is 1.77. The molecule has 0 amide bonds. The molecule has 1 aliphatic heterocycles. The minimum Gasteiger partial charge on any atom is -0.467 e. The van der Waals surface area contributed by atoms with Crippen molar-refractivity contribution in [2.24, 2.45) is 0 Å². The molecule has 35 heavy (non-hydrogen) atoms. The number of hydrogen-bond acceptors (Lipinski definition) is 10. The van der Waals surface area contributed by atoms with Crippen molar-refractivity contribution in [1.82, 2.24) is 24.7 Å². The summed E-state index contributed by atoms with van der Waals surface area (Å²) in [6.07, 6.45) is 3.48. The van der Waals surface area contributed by atoms with Gasteiger partial charge < -0.3 is 28.6 Å². The molecule has 1 aromatic carbocycles. The van der Waals surface area contributed by atoms with Gasteiger partial charge in [0, 0.05) is 33.4 Å². The fraction of sp³-hybridized carbons (Fsp3) is 0.478. The maximum absolute atomic E-state index is 5.90. The second kappa shape index (κ2) is 11.6. The number of ether oxygens (including phenoxy) is 5. The van der Waals surface area contributed by atoms with E-state index >= 15 is 0 Å². The number of methoxy groups -OCH3 is 2. The summed E-state index contributed by atoms with van der Waals surface area (Å²) in [5.74, 6) is 2.58. The molecule has 0 radical (unpaired) electrons. The summed E-state index contributed by atoms with van der Waals surface area (Å²) >= 11 is 5.57. The predicted molar refractivity (Wildman–Crippen MR) is 132 cm³/mol. The van der Waals surface area contributed by atoms with E-state index in [9.17, 15) is 0 Å². The van der Waals surface area contributed by atoms with Gasteiger partial charge in [0.15, 0.2) is 24.2 Å². The lowest BCUT2D eigenvalue weighted by Gasteiger charge is -2.26. The summed E-state index contributed by atoms with van der Waals surface area (Å²) in [5.41, 5.74) is 2.38. The third-order valence-electron chi connectivity index (χ3n) is 5.49. The molecule has 0 aliphatic carbocycles. The first-order valence-corrected chi connectivity index (χ1v) is 11.7. The minimum atomic E-state index is 0.0558. The number of aromatic amines is 1. The van der Waals surface area contributed by atoms with Gasteiger partial charge in [-0.25, -0.2) is 9.97 Å². The van der Waals surface area contributed by atoms with Gasteiger partial charge in [0.2, 0.25) is 5.95 Å². The molecule has 3 aromatic rings. The first-order valence-electron chi connectivity index (χ1n) is 11.3. The molecular formula is C23H30N6O5S. The van der Waals surface area contributed by atoms with Crippen molar-refractivity contribution in [2.75, 3.05) is 59.0 Å². The third-order valence-corrected chi connectivity index (χ3v) is 5.76. The Labute approximate surface area is 209 Å². The largest absolute Gasteiger partial charge is 0.467 e. The summed E-state index contributed by atoms with van der Waals surface area (Å²) in [6, 6.07) is 3.81. The van der Waals surface area contributed by atoms with Crippen LogP contribution in [0.4, 0.5) is 5.95 Å². The number of H-pyrrole nitrogens is 1. The fourth-order valence-electron chi connectivity index (χ4n) is 3.77. The summed E-state index contributed by atoms with van der Waals surface area (Å²) in [4.78, 5) is 11.2. The molecule has 11 nitrogen and oxygen atoms in total. The Morgan fingerprint density at radius 3 is 2.31 bits per heavy atom. The van der Waals surface area contributed by atoms with Crippen molar-refractivity contribution in [2.45, 2.75) is 19.8 Å². The molecule has 0 atom stereocenters. The van der Waals surface area contributed by atoms with Gasteiger partial charge in [-0.05, 0) is 29.8 Å². The van der Waals surface area contributed by atoms with E-state index in [0.29, 0.717) is 46.9 Å². The number of nitrogens with one attached hydrogen (secondary N) is 1. The first kappa shape index (κ1) is 25.0. The number of benzene rings is 1. The van der Waals surface area contributed by atoms with E-state index < -0.39 is 0 Å². The molecule has 1 saturated heterocycles. The van der Waals surface area contributed by atoms with Crippen LogP contribution in [0, 0.1) is 4.77 Å². The number of morpholine rings is 1. The van der Waals surface area contributed by atoms with Gasteiger partial charge in [-0.2, -0.15) is 5.10 Å². The molecule has 0 saturated carbocycles. The van der Waals surface area contributed by atoms with Crippen molar-refractivity contribution in [1.29, 1.82) is 0 Å². The summed E-state index contributed by atoms with van der Waals surface area (Å²) in [7, 11) is 3.14. The molecule has 1 N–H and O–H groups in total. The first-order chi connectivity index (χ1) is 17.0. The molecule has 188 valence electrons. The topological polar surface area (TPSA) is 109 Å². The van der Waals surface area contributed by atoms with Crippen LogP contribution < -0.4 is 14.4 Å². The van der Waals surface area contributed by atoms with E-state index in [1.165, 1.54) is 0 Å². The Morgan fingerprint density at radius 2 is 1.69 bits per heavy atom. The summed E-state index contributed by atoms with van der Waals surface area (Å²) in [5, 5.41) is 7.40. The van der Waals surface area contributed by atoms with Gasteiger partial charge in [-0.3, -0.25) is 9.67 Å². The Morgan fingerprint density at radius 1 is 1.03 bits per heavy atom. The molecule has 4 rings (SSSR count). The quantitative estimate of drug-likeness (QED) is 0.328. The number of rotatable bonds is 10. The number of aromatic nitrogens is 5. The van der Waals surface area contributed by atoms with Crippen LogP contribution >= 0.6 is 12.2 Å². The zero-order chi connectivity index (χ0) is 24.8. The van der Waals surface area contributed by atoms with Crippen molar-refractivity contribution in [3.05, 3.63) is 34.9 Å². The minimum absolute atomic E-state index is 0.0558. The SMILES string of the molecule is COCOc1cc(OCOC)c(C(C)C)cc1-c1n[nH]c(=S)n1-c1cnc(N2CCOCC2)nc1. The highest BCUT2D eigenvalue weighted by atomic mass is 32.1. The van der Waals surface area contributed by atoms with E-state index in [-0.39, 0.29) is 19.5 Å². The number of hydrogen-bond donors (Lipinski definition) is 1. The van der Waals surface area contributed by atoms with Crippen molar-refractivity contribution in [3.63, 3.8) is 0 Å². The van der Waals surface area contributed by atoms with Crippen molar-refractivity contribution < 1.29 is 23.7 Å². The highest BCUT2D eigenvalue weighted by Gasteiger charge is 2.22. The smallest absolute Gasteiger partial charge is 0.225 e. The molecule has 1 aliphatic rings.